The van der Waals surface area contributed by atoms with Crippen LogP contribution in [-0.4, -0.2) is 30.0 Å². The molecule has 0 spiro atoms. The molecule has 0 aromatic heterocycles. The van der Waals surface area contributed by atoms with Gasteiger partial charge in [-0.2, -0.15) is 0 Å². The maximum atomic E-state index is 6.10. The summed E-state index contributed by atoms with van der Waals surface area (Å²) in [6.07, 6.45) is 7.75. The van der Waals surface area contributed by atoms with Gasteiger partial charge in [0.2, 0.25) is 0 Å². The van der Waals surface area contributed by atoms with Crippen molar-refractivity contribution in [2.75, 3.05) is 13.1 Å². The number of hydrogen-bond donors (Lipinski definition) is 2. The summed E-state index contributed by atoms with van der Waals surface area (Å²) < 4.78 is 0. The van der Waals surface area contributed by atoms with Crippen LogP contribution < -0.4 is 11.1 Å². The van der Waals surface area contributed by atoms with Crippen LogP contribution in [0.25, 0.3) is 0 Å². The van der Waals surface area contributed by atoms with E-state index in [1.807, 2.05) is 0 Å². The van der Waals surface area contributed by atoms with Gasteiger partial charge in [-0.1, -0.05) is 63.8 Å². The largest absolute Gasteiger partial charge is 0.370 e. The van der Waals surface area contributed by atoms with Crippen LogP contribution in [0.5, 0.6) is 0 Å². The number of nitrogens with two attached hydrogens (primary N) is 1. The minimum Gasteiger partial charge on any atom is -0.370 e. The molecule has 1 aromatic carbocycles. The first-order valence-electron chi connectivity index (χ1n) is 9.58. The summed E-state index contributed by atoms with van der Waals surface area (Å²) in [6.45, 7) is 8.22. The second-order valence-corrected chi connectivity index (χ2v) is 6.82. The summed E-state index contributed by atoms with van der Waals surface area (Å²) in [5, 5.41) is 3.41. The van der Waals surface area contributed by atoms with Gasteiger partial charge in [-0.15, -0.1) is 0 Å². The number of guanidine groups is 1. The Labute approximate surface area is 147 Å². The Morgan fingerprint density at radius 1 is 1.12 bits per heavy atom. The zero-order chi connectivity index (χ0) is 17.2. The molecule has 1 fully saturated rings. The number of rotatable bonds is 7. The van der Waals surface area contributed by atoms with Gasteiger partial charge in [-0.25, -0.2) is 4.99 Å². The molecular weight excluding hydrogens is 296 g/mol. The van der Waals surface area contributed by atoms with Gasteiger partial charge in [0, 0.05) is 12.6 Å². The van der Waals surface area contributed by atoms with Crippen LogP contribution in [0.3, 0.4) is 0 Å². The fraction of sp³-hybridized carbons (Fsp3) is 0.650. The predicted octanol–water partition coefficient (Wildman–Crippen LogP) is 3.66. The molecule has 0 radical (unpaired) electrons. The van der Waals surface area contributed by atoms with Crippen LogP contribution >= 0.6 is 0 Å². The van der Waals surface area contributed by atoms with Crippen molar-refractivity contribution in [3.8, 4) is 0 Å². The van der Waals surface area contributed by atoms with E-state index in [0.717, 1.165) is 19.6 Å². The van der Waals surface area contributed by atoms with Gasteiger partial charge in [-0.05, 0) is 37.1 Å². The highest BCUT2D eigenvalue weighted by molar-refractivity contribution is 5.78. The van der Waals surface area contributed by atoms with E-state index in [-0.39, 0.29) is 0 Å². The molecule has 4 nitrogen and oxygen atoms in total. The van der Waals surface area contributed by atoms with Gasteiger partial charge in [-0.3, -0.25) is 4.90 Å². The Morgan fingerprint density at radius 2 is 1.79 bits per heavy atom. The molecule has 0 bridgehead atoms. The van der Waals surface area contributed by atoms with Crippen LogP contribution in [0, 0.1) is 0 Å². The zero-order valence-electron chi connectivity index (χ0n) is 15.4. The fourth-order valence-electron chi connectivity index (χ4n) is 3.39. The average molecular weight is 331 g/mol. The van der Waals surface area contributed by atoms with Crippen molar-refractivity contribution in [3.63, 3.8) is 0 Å². The molecule has 1 aliphatic carbocycles. The van der Waals surface area contributed by atoms with Gasteiger partial charge in [0.1, 0.15) is 0 Å². The van der Waals surface area contributed by atoms with E-state index in [4.69, 9.17) is 5.73 Å². The monoisotopic (exact) mass is 330 g/mol. The Morgan fingerprint density at radius 3 is 2.46 bits per heavy atom. The standard InChI is InChI=1S/C20H34N4/c1-3-24(4-2)16-18-11-9-10-17(14-18)15-22-20(21)23-19-12-7-5-6-8-13-19/h9-11,14,19H,3-8,12-13,15-16H2,1-2H3,(H3,21,22,23). The molecule has 0 heterocycles. The van der Waals surface area contributed by atoms with E-state index in [9.17, 15) is 0 Å². The van der Waals surface area contributed by atoms with E-state index >= 15 is 0 Å². The van der Waals surface area contributed by atoms with Gasteiger partial charge < -0.3 is 11.1 Å². The highest BCUT2D eigenvalue weighted by Gasteiger charge is 2.12. The minimum absolute atomic E-state index is 0.505. The lowest BCUT2D eigenvalue weighted by molar-refractivity contribution is 0.296. The first kappa shape index (κ1) is 18.8. The van der Waals surface area contributed by atoms with Crippen molar-refractivity contribution in [2.45, 2.75) is 71.5 Å². The summed E-state index contributed by atoms with van der Waals surface area (Å²) in [7, 11) is 0. The van der Waals surface area contributed by atoms with Crippen LogP contribution in [0.1, 0.15) is 63.5 Å². The molecule has 0 amide bonds. The topological polar surface area (TPSA) is 53.6 Å². The smallest absolute Gasteiger partial charge is 0.189 e. The van der Waals surface area contributed by atoms with Crippen molar-refractivity contribution >= 4 is 5.96 Å². The van der Waals surface area contributed by atoms with Gasteiger partial charge in [0.15, 0.2) is 5.96 Å². The number of hydrogen-bond acceptors (Lipinski definition) is 2. The quantitative estimate of drug-likeness (QED) is 0.456. The Kier molecular flexibility index (Phi) is 8.10. The van der Waals surface area contributed by atoms with Crippen LogP contribution in [-0.2, 0) is 13.1 Å². The fourth-order valence-corrected chi connectivity index (χ4v) is 3.39. The Hall–Kier alpha value is -1.55. The third-order valence-corrected chi connectivity index (χ3v) is 4.93. The molecular formula is C20H34N4. The summed E-state index contributed by atoms with van der Waals surface area (Å²) in [6, 6.07) is 9.21. The molecule has 3 N–H and O–H groups in total. The molecule has 1 aliphatic rings. The molecule has 0 saturated heterocycles. The normalized spacial score (nSPS) is 17.0. The van der Waals surface area contributed by atoms with E-state index in [0.29, 0.717) is 18.5 Å². The summed E-state index contributed by atoms with van der Waals surface area (Å²) in [5.74, 6) is 0.594. The lowest BCUT2D eigenvalue weighted by atomic mass is 10.1. The molecule has 24 heavy (non-hydrogen) atoms. The molecule has 1 aromatic rings. The number of aliphatic imine (C=N–C) groups is 1. The molecule has 1 saturated carbocycles. The van der Waals surface area contributed by atoms with E-state index < -0.39 is 0 Å². The van der Waals surface area contributed by atoms with Gasteiger partial charge >= 0.3 is 0 Å². The maximum absolute atomic E-state index is 6.10. The zero-order valence-corrected chi connectivity index (χ0v) is 15.4. The van der Waals surface area contributed by atoms with Gasteiger partial charge in [0.05, 0.1) is 6.54 Å². The Balaban J connectivity index is 1.87. The highest BCUT2D eigenvalue weighted by atomic mass is 15.1. The molecule has 0 unspecified atom stereocenters. The van der Waals surface area contributed by atoms with E-state index in [2.05, 4.69) is 53.3 Å². The van der Waals surface area contributed by atoms with Crippen molar-refractivity contribution in [3.05, 3.63) is 35.4 Å². The number of nitrogens with zero attached hydrogens (tertiary/aromatic N) is 2. The maximum Gasteiger partial charge on any atom is 0.189 e. The van der Waals surface area contributed by atoms with Crippen molar-refractivity contribution in [1.29, 1.82) is 0 Å². The molecule has 0 atom stereocenters. The molecule has 4 heteroatoms. The predicted molar refractivity (Wildman–Crippen MR) is 103 cm³/mol. The van der Waals surface area contributed by atoms with Crippen LogP contribution in [0.15, 0.2) is 29.3 Å². The summed E-state index contributed by atoms with van der Waals surface area (Å²) >= 11 is 0. The minimum atomic E-state index is 0.505. The number of nitrogens with one attached hydrogen (secondary N) is 1. The first-order valence-corrected chi connectivity index (χ1v) is 9.58. The molecule has 0 aliphatic heterocycles. The van der Waals surface area contributed by atoms with Gasteiger partial charge in [0.25, 0.3) is 0 Å². The second-order valence-electron chi connectivity index (χ2n) is 6.82. The first-order chi connectivity index (χ1) is 11.7. The lowest BCUT2D eigenvalue weighted by Crippen LogP contribution is -2.39. The third kappa shape index (κ3) is 6.52. The average Bonchev–Trinajstić information content (AvgIpc) is 2.87. The summed E-state index contributed by atoms with van der Waals surface area (Å²) in [5.41, 5.74) is 8.67. The Bertz CT molecular complexity index is 500. The molecule has 2 rings (SSSR count). The van der Waals surface area contributed by atoms with Crippen molar-refractivity contribution < 1.29 is 0 Å². The third-order valence-electron chi connectivity index (χ3n) is 4.93. The van der Waals surface area contributed by atoms with E-state index in [1.165, 1.54) is 49.7 Å². The lowest BCUT2D eigenvalue weighted by Gasteiger charge is -2.18. The van der Waals surface area contributed by atoms with Crippen LogP contribution in [0.2, 0.25) is 0 Å². The van der Waals surface area contributed by atoms with Crippen molar-refractivity contribution in [2.24, 2.45) is 10.7 Å². The second kappa shape index (κ2) is 10.3. The van der Waals surface area contributed by atoms with Crippen LogP contribution in [0.4, 0.5) is 0 Å². The number of benzene rings is 1. The SMILES string of the molecule is CCN(CC)Cc1cccc(CN=C(N)NC2CCCCCC2)c1. The van der Waals surface area contributed by atoms with Crippen molar-refractivity contribution in [1.82, 2.24) is 10.2 Å². The summed E-state index contributed by atoms with van der Waals surface area (Å²) in [4.78, 5) is 6.97. The highest BCUT2D eigenvalue weighted by Crippen LogP contribution is 2.17. The molecule has 134 valence electrons. The van der Waals surface area contributed by atoms with E-state index in [1.54, 1.807) is 0 Å².